The fraction of sp³-hybridized carbons (Fsp3) is 0.0909. The van der Waals surface area contributed by atoms with Crippen molar-refractivity contribution in [2.75, 3.05) is 14.2 Å². The third-order valence-electron chi connectivity index (χ3n) is 4.17. The summed E-state index contributed by atoms with van der Waals surface area (Å²) in [5.41, 5.74) is 2.01. The van der Waals surface area contributed by atoms with E-state index in [-0.39, 0.29) is 5.57 Å². The predicted molar refractivity (Wildman–Crippen MR) is 101 cm³/mol. The van der Waals surface area contributed by atoms with Crippen molar-refractivity contribution < 1.29 is 14.3 Å². The summed E-state index contributed by atoms with van der Waals surface area (Å²) in [6, 6.07) is 23.0. The summed E-state index contributed by atoms with van der Waals surface area (Å²) in [4.78, 5) is 12.2. The van der Waals surface area contributed by atoms with Crippen molar-refractivity contribution in [2.45, 2.75) is 0 Å². The number of hydrogen-bond acceptors (Lipinski definition) is 4. The lowest BCUT2D eigenvalue weighted by molar-refractivity contribution is -0.135. The maximum absolute atomic E-state index is 12.2. The molecular formula is C22H17NO3. The van der Waals surface area contributed by atoms with E-state index < -0.39 is 5.97 Å². The van der Waals surface area contributed by atoms with Gasteiger partial charge in [-0.05, 0) is 40.1 Å². The number of hydrogen-bond donors (Lipinski definition) is 0. The quantitative estimate of drug-likeness (QED) is 0.401. The average molecular weight is 343 g/mol. The largest absolute Gasteiger partial charge is 0.497 e. The van der Waals surface area contributed by atoms with E-state index in [1.165, 1.54) is 7.11 Å². The Morgan fingerprint density at radius 1 is 0.885 bits per heavy atom. The molecule has 0 aliphatic carbocycles. The fourth-order valence-electron chi connectivity index (χ4n) is 2.86. The Hall–Kier alpha value is -3.58. The Morgan fingerprint density at radius 2 is 1.54 bits per heavy atom. The summed E-state index contributed by atoms with van der Waals surface area (Å²) < 4.78 is 10.0. The molecule has 0 aliphatic rings. The maximum atomic E-state index is 12.2. The number of nitrogens with zero attached hydrogens (tertiary/aromatic N) is 1. The second-order valence-electron chi connectivity index (χ2n) is 5.64. The van der Waals surface area contributed by atoms with Gasteiger partial charge < -0.3 is 9.47 Å². The van der Waals surface area contributed by atoms with Crippen LogP contribution in [0.3, 0.4) is 0 Å². The lowest BCUT2D eigenvalue weighted by atomic mass is 9.92. The molecule has 0 aromatic heterocycles. The minimum Gasteiger partial charge on any atom is -0.497 e. The normalized spacial score (nSPS) is 11.4. The van der Waals surface area contributed by atoms with Crippen LogP contribution >= 0.6 is 0 Å². The Morgan fingerprint density at radius 3 is 2.15 bits per heavy atom. The summed E-state index contributed by atoms with van der Waals surface area (Å²) in [6.07, 6.45) is 0. The molecule has 0 bridgehead atoms. The molecule has 26 heavy (non-hydrogen) atoms. The van der Waals surface area contributed by atoms with Crippen LogP contribution in [0.2, 0.25) is 0 Å². The molecule has 0 aliphatic heterocycles. The zero-order valence-corrected chi connectivity index (χ0v) is 14.5. The number of nitriles is 1. The first-order valence-corrected chi connectivity index (χ1v) is 8.04. The van der Waals surface area contributed by atoms with Crippen LogP contribution in [-0.4, -0.2) is 20.2 Å². The van der Waals surface area contributed by atoms with Gasteiger partial charge in [-0.25, -0.2) is 4.79 Å². The van der Waals surface area contributed by atoms with E-state index in [0.717, 1.165) is 21.9 Å². The second kappa shape index (κ2) is 7.54. The minimum atomic E-state index is -0.661. The van der Waals surface area contributed by atoms with Gasteiger partial charge in [0.1, 0.15) is 17.4 Å². The Balaban J connectivity index is 2.26. The molecule has 0 unspecified atom stereocenters. The summed E-state index contributed by atoms with van der Waals surface area (Å²) in [6.45, 7) is 0. The van der Waals surface area contributed by atoms with E-state index in [2.05, 4.69) is 0 Å². The van der Waals surface area contributed by atoms with E-state index in [9.17, 15) is 10.1 Å². The van der Waals surface area contributed by atoms with E-state index in [4.69, 9.17) is 9.47 Å². The van der Waals surface area contributed by atoms with Crippen molar-refractivity contribution in [1.29, 1.82) is 5.26 Å². The van der Waals surface area contributed by atoms with Gasteiger partial charge in [-0.1, -0.05) is 48.5 Å². The number of carbonyl (C=O) groups is 1. The van der Waals surface area contributed by atoms with Gasteiger partial charge in [-0.3, -0.25) is 0 Å². The number of ether oxygens (including phenoxy) is 2. The van der Waals surface area contributed by atoms with Crippen molar-refractivity contribution in [1.82, 2.24) is 0 Å². The molecule has 0 radical (unpaired) electrons. The molecule has 0 heterocycles. The molecule has 128 valence electrons. The Kier molecular flexibility index (Phi) is 5.00. The van der Waals surface area contributed by atoms with Crippen LogP contribution in [0.4, 0.5) is 0 Å². The lowest BCUT2D eigenvalue weighted by Gasteiger charge is -2.12. The zero-order chi connectivity index (χ0) is 18.5. The third-order valence-corrected chi connectivity index (χ3v) is 4.17. The number of benzene rings is 3. The van der Waals surface area contributed by atoms with Crippen LogP contribution in [0.5, 0.6) is 5.75 Å². The molecule has 4 nitrogen and oxygen atoms in total. The molecule has 3 aromatic carbocycles. The van der Waals surface area contributed by atoms with E-state index in [1.807, 2.05) is 60.7 Å². The van der Waals surface area contributed by atoms with Crippen LogP contribution < -0.4 is 4.74 Å². The van der Waals surface area contributed by atoms with Crippen molar-refractivity contribution in [3.05, 3.63) is 83.4 Å². The summed E-state index contributed by atoms with van der Waals surface area (Å²) in [5, 5.41) is 11.7. The van der Waals surface area contributed by atoms with Gasteiger partial charge >= 0.3 is 5.97 Å². The zero-order valence-electron chi connectivity index (χ0n) is 14.5. The number of carbonyl (C=O) groups excluding carboxylic acids is 1. The molecule has 3 rings (SSSR count). The van der Waals surface area contributed by atoms with Gasteiger partial charge in [0.25, 0.3) is 0 Å². The third kappa shape index (κ3) is 3.28. The number of esters is 1. The van der Waals surface area contributed by atoms with Crippen LogP contribution in [0.15, 0.2) is 72.3 Å². The summed E-state index contributed by atoms with van der Waals surface area (Å²) >= 11 is 0. The average Bonchev–Trinajstić information content (AvgIpc) is 2.71. The number of rotatable bonds is 4. The topological polar surface area (TPSA) is 59.3 Å². The molecule has 4 heteroatoms. The van der Waals surface area contributed by atoms with Crippen molar-refractivity contribution in [3.8, 4) is 11.8 Å². The first-order valence-electron chi connectivity index (χ1n) is 8.04. The van der Waals surface area contributed by atoms with Gasteiger partial charge in [0.15, 0.2) is 0 Å². The maximum Gasteiger partial charge on any atom is 0.349 e. The van der Waals surface area contributed by atoms with Crippen molar-refractivity contribution in [2.24, 2.45) is 0 Å². The van der Waals surface area contributed by atoms with Crippen LogP contribution in [0.25, 0.3) is 16.3 Å². The van der Waals surface area contributed by atoms with Crippen LogP contribution in [0, 0.1) is 11.3 Å². The highest BCUT2D eigenvalue weighted by molar-refractivity contribution is 6.06. The van der Waals surface area contributed by atoms with E-state index in [0.29, 0.717) is 11.3 Å². The molecule has 0 saturated carbocycles. The number of fused-ring (bicyclic) bond motifs is 1. The summed E-state index contributed by atoms with van der Waals surface area (Å²) in [7, 11) is 2.86. The fourth-order valence-corrected chi connectivity index (χ4v) is 2.86. The molecular weight excluding hydrogens is 326 g/mol. The summed E-state index contributed by atoms with van der Waals surface area (Å²) in [5.74, 6) is 0.0367. The molecule has 0 N–H and O–H groups in total. The van der Waals surface area contributed by atoms with Gasteiger partial charge in [0, 0.05) is 5.57 Å². The molecule has 0 fully saturated rings. The van der Waals surface area contributed by atoms with Gasteiger partial charge in [-0.2, -0.15) is 5.26 Å². The minimum absolute atomic E-state index is 0.0343. The van der Waals surface area contributed by atoms with E-state index >= 15 is 0 Å². The first-order chi connectivity index (χ1) is 12.7. The van der Waals surface area contributed by atoms with Crippen molar-refractivity contribution >= 4 is 22.3 Å². The highest BCUT2D eigenvalue weighted by Crippen LogP contribution is 2.31. The molecule has 0 amide bonds. The van der Waals surface area contributed by atoms with Gasteiger partial charge in [0.2, 0.25) is 0 Å². The Bertz CT molecular complexity index is 1030. The highest BCUT2D eigenvalue weighted by atomic mass is 16.5. The molecule has 0 spiro atoms. The standard InChI is InChI=1S/C22H17NO3/c1-25-19-11-9-16(10-12-19)21(20(14-23)22(24)26-2)18-8-7-15-5-3-4-6-17(15)13-18/h3-13H,1-2H3/b21-20+. The monoisotopic (exact) mass is 343 g/mol. The van der Waals surface area contributed by atoms with Crippen LogP contribution in [0.1, 0.15) is 11.1 Å². The highest BCUT2D eigenvalue weighted by Gasteiger charge is 2.19. The lowest BCUT2D eigenvalue weighted by Crippen LogP contribution is -2.07. The van der Waals surface area contributed by atoms with Crippen molar-refractivity contribution in [3.63, 3.8) is 0 Å². The number of methoxy groups -OCH3 is 2. The first kappa shape index (κ1) is 17.2. The smallest absolute Gasteiger partial charge is 0.349 e. The second-order valence-corrected chi connectivity index (χ2v) is 5.64. The van der Waals surface area contributed by atoms with Crippen LogP contribution in [-0.2, 0) is 9.53 Å². The Labute approximate surface area is 151 Å². The molecule has 0 saturated heterocycles. The molecule has 0 atom stereocenters. The van der Waals surface area contributed by atoms with E-state index in [1.54, 1.807) is 19.2 Å². The predicted octanol–water partition coefficient (Wildman–Crippen LogP) is 4.35. The van der Waals surface area contributed by atoms with Gasteiger partial charge in [0.05, 0.1) is 14.2 Å². The SMILES string of the molecule is COC(=O)/C(C#N)=C(\c1ccc(OC)cc1)c1ccc2ccccc2c1. The molecule has 3 aromatic rings. The van der Waals surface area contributed by atoms with Gasteiger partial charge in [-0.15, -0.1) is 0 Å².